The summed E-state index contributed by atoms with van der Waals surface area (Å²) in [6.45, 7) is 0.868. The number of aromatic nitrogens is 1. The molecule has 3 aromatic rings. The number of nitrogens with zero attached hydrogens (tertiary/aromatic N) is 1. The molecule has 0 bridgehead atoms. The predicted octanol–water partition coefficient (Wildman–Crippen LogP) is 5.11. The number of amides is 2. The van der Waals surface area contributed by atoms with Crippen molar-refractivity contribution >= 4 is 29.1 Å². The molecule has 0 saturated carbocycles. The number of alkyl halides is 3. The number of nitrogens with one attached hydrogen (secondary N) is 1. The van der Waals surface area contributed by atoms with Crippen molar-refractivity contribution in [2.75, 3.05) is 11.9 Å². The molecule has 200 valence electrons. The first-order chi connectivity index (χ1) is 17.9. The quantitative estimate of drug-likeness (QED) is 0.430. The second-order valence-corrected chi connectivity index (χ2v) is 9.21. The maximum absolute atomic E-state index is 15.1. The summed E-state index contributed by atoms with van der Waals surface area (Å²) in [6.07, 6.45) is -3.95. The number of fused-ring (bicyclic) bond motifs is 3. The Hall–Kier alpha value is -3.86. The zero-order chi connectivity index (χ0) is 27.8. The Balaban J connectivity index is 1.76. The summed E-state index contributed by atoms with van der Waals surface area (Å²) in [7, 11) is 0. The molecule has 3 N–H and O–H groups in total. The van der Waals surface area contributed by atoms with E-state index in [2.05, 4.69) is 5.32 Å². The third kappa shape index (κ3) is 5.38. The van der Waals surface area contributed by atoms with Gasteiger partial charge < -0.3 is 15.8 Å². The molecule has 1 aromatic heterocycles. The first-order valence-corrected chi connectivity index (χ1v) is 11.9. The standard InChI is InChI=1S/C26H22ClF4N3O4/c1-2-19(25(37)33-16-6-3-13(4-7-16)24(32)36)34-11-20-17(10-21(34)35)22-14(5-8-18(27)23(22)28)9-15(12-38-20)26(29,30)31/h3-8,10-11,15,19H,2,9,12H2,1H3,(H2,32,36)(H,33,37). The van der Waals surface area contributed by atoms with E-state index in [9.17, 15) is 27.6 Å². The van der Waals surface area contributed by atoms with E-state index in [1.165, 1.54) is 36.4 Å². The van der Waals surface area contributed by atoms with Crippen LogP contribution in [0.25, 0.3) is 11.1 Å². The molecule has 4 rings (SSSR count). The molecular weight excluding hydrogens is 530 g/mol. The summed E-state index contributed by atoms with van der Waals surface area (Å²) in [5, 5.41) is 2.31. The zero-order valence-electron chi connectivity index (χ0n) is 19.9. The third-order valence-electron chi connectivity index (χ3n) is 6.33. The van der Waals surface area contributed by atoms with Crippen LogP contribution >= 0.6 is 11.6 Å². The van der Waals surface area contributed by atoms with Gasteiger partial charge >= 0.3 is 6.18 Å². The topological polar surface area (TPSA) is 103 Å². The monoisotopic (exact) mass is 551 g/mol. The molecule has 0 radical (unpaired) electrons. The van der Waals surface area contributed by atoms with Crippen LogP contribution in [0.3, 0.4) is 0 Å². The number of ether oxygens (including phenoxy) is 1. The van der Waals surface area contributed by atoms with Gasteiger partial charge in [-0.2, -0.15) is 13.2 Å². The van der Waals surface area contributed by atoms with Crippen LogP contribution in [0.2, 0.25) is 5.02 Å². The summed E-state index contributed by atoms with van der Waals surface area (Å²) < 4.78 is 62.7. The fourth-order valence-corrected chi connectivity index (χ4v) is 4.47. The van der Waals surface area contributed by atoms with Crippen LogP contribution in [0, 0.1) is 11.7 Å². The first-order valence-electron chi connectivity index (χ1n) is 11.5. The molecular formula is C26H22ClF4N3O4. The highest BCUT2D eigenvalue weighted by Gasteiger charge is 2.42. The van der Waals surface area contributed by atoms with Crippen LogP contribution in [-0.2, 0) is 11.2 Å². The maximum atomic E-state index is 15.1. The number of halogens is 5. The average Bonchev–Trinajstić information content (AvgIpc) is 2.84. The minimum atomic E-state index is -4.63. The van der Waals surface area contributed by atoms with Gasteiger partial charge in [-0.05, 0) is 48.7 Å². The molecule has 0 saturated heterocycles. The van der Waals surface area contributed by atoms with Gasteiger partial charge in [-0.1, -0.05) is 24.6 Å². The largest absolute Gasteiger partial charge is 0.491 e. The molecule has 1 aliphatic rings. The first kappa shape index (κ1) is 27.2. The number of benzene rings is 2. The van der Waals surface area contributed by atoms with Crippen LogP contribution in [-0.4, -0.2) is 29.2 Å². The molecule has 0 fully saturated rings. The summed E-state index contributed by atoms with van der Waals surface area (Å²) in [6, 6.07) is 8.15. The number of rotatable bonds is 5. The third-order valence-corrected chi connectivity index (χ3v) is 6.62. The van der Waals surface area contributed by atoms with Crippen molar-refractivity contribution in [3.63, 3.8) is 0 Å². The number of carbonyl (C=O) groups is 2. The number of hydrogen-bond donors (Lipinski definition) is 2. The lowest BCUT2D eigenvalue weighted by molar-refractivity contribution is -0.181. The molecule has 2 unspecified atom stereocenters. The maximum Gasteiger partial charge on any atom is 0.395 e. The molecule has 1 aliphatic heterocycles. The van der Waals surface area contributed by atoms with Crippen molar-refractivity contribution in [2.24, 2.45) is 11.7 Å². The molecule has 2 amide bonds. The molecule has 7 nitrogen and oxygen atoms in total. The van der Waals surface area contributed by atoms with Gasteiger partial charge in [-0.15, -0.1) is 0 Å². The van der Waals surface area contributed by atoms with Gasteiger partial charge in [0.1, 0.15) is 24.2 Å². The second kappa shape index (κ2) is 10.5. The van der Waals surface area contributed by atoms with E-state index in [0.717, 1.165) is 16.8 Å². The summed E-state index contributed by atoms with van der Waals surface area (Å²) in [4.78, 5) is 37.5. The van der Waals surface area contributed by atoms with Gasteiger partial charge in [0.2, 0.25) is 11.8 Å². The Bertz CT molecular complexity index is 1450. The van der Waals surface area contributed by atoms with Crippen molar-refractivity contribution in [3.05, 3.63) is 81.0 Å². The average molecular weight is 552 g/mol. The van der Waals surface area contributed by atoms with E-state index < -0.39 is 54.4 Å². The van der Waals surface area contributed by atoms with E-state index in [4.69, 9.17) is 22.1 Å². The van der Waals surface area contributed by atoms with Crippen LogP contribution < -0.4 is 21.3 Å². The van der Waals surface area contributed by atoms with Crippen molar-refractivity contribution < 1.29 is 31.9 Å². The van der Waals surface area contributed by atoms with Crippen molar-refractivity contribution in [1.82, 2.24) is 4.57 Å². The van der Waals surface area contributed by atoms with Gasteiger partial charge in [-0.25, -0.2) is 4.39 Å². The predicted molar refractivity (Wildman–Crippen MR) is 133 cm³/mol. The number of hydrogen-bond acceptors (Lipinski definition) is 4. The molecule has 0 aliphatic carbocycles. The van der Waals surface area contributed by atoms with Crippen molar-refractivity contribution in [1.29, 1.82) is 0 Å². The normalized spacial score (nSPS) is 15.8. The molecule has 2 heterocycles. The number of primary amides is 1. The molecule has 0 spiro atoms. The lowest BCUT2D eigenvalue weighted by Crippen LogP contribution is -2.34. The number of pyridine rings is 1. The van der Waals surface area contributed by atoms with E-state index >= 15 is 4.39 Å². The van der Waals surface area contributed by atoms with Crippen LogP contribution in [0.5, 0.6) is 5.75 Å². The van der Waals surface area contributed by atoms with Crippen LogP contribution in [0.1, 0.15) is 35.3 Å². The molecule has 12 heteroatoms. The summed E-state index contributed by atoms with van der Waals surface area (Å²) >= 11 is 5.92. The van der Waals surface area contributed by atoms with Crippen LogP contribution in [0.15, 0.2) is 53.5 Å². The lowest BCUT2D eigenvalue weighted by Gasteiger charge is -2.27. The number of nitrogens with two attached hydrogens (primary N) is 1. The Labute approximate surface area is 219 Å². The highest BCUT2D eigenvalue weighted by Crippen LogP contribution is 2.42. The number of anilines is 1. The minimum Gasteiger partial charge on any atom is -0.491 e. The Morgan fingerprint density at radius 2 is 1.89 bits per heavy atom. The highest BCUT2D eigenvalue weighted by atomic mass is 35.5. The SMILES string of the molecule is CCC(C(=O)Nc1ccc(C(N)=O)cc1)n1cc2c(cc1=O)-c1c(ccc(Cl)c1F)CC(C(F)(F)F)CO2. The fraction of sp³-hybridized carbons (Fsp3) is 0.269. The van der Waals surface area contributed by atoms with Gasteiger partial charge in [0.25, 0.3) is 5.56 Å². The minimum absolute atomic E-state index is 0.0279. The van der Waals surface area contributed by atoms with E-state index in [0.29, 0.717) is 5.69 Å². The second-order valence-electron chi connectivity index (χ2n) is 8.80. The Kier molecular flexibility index (Phi) is 7.50. The van der Waals surface area contributed by atoms with Crippen molar-refractivity contribution in [2.45, 2.75) is 32.0 Å². The van der Waals surface area contributed by atoms with Crippen molar-refractivity contribution in [3.8, 4) is 16.9 Å². The summed E-state index contributed by atoms with van der Waals surface area (Å²) in [5.41, 5.74) is 4.79. The number of carbonyl (C=O) groups excluding carboxylic acids is 2. The van der Waals surface area contributed by atoms with Gasteiger partial charge in [0, 0.05) is 28.4 Å². The van der Waals surface area contributed by atoms with Crippen LogP contribution in [0.4, 0.5) is 23.2 Å². The van der Waals surface area contributed by atoms with E-state index in [1.54, 1.807) is 6.92 Å². The van der Waals surface area contributed by atoms with Gasteiger partial charge in [0.05, 0.1) is 17.1 Å². The Morgan fingerprint density at radius 3 is 2.50 bits per heavy atom. The molecule has 2 atom stereocenters. The Morgan fingerprint density at radius 1 is 1.21 bits per heavy atom. The summed E-state index contributed by atoms with van der Waals surface area (Å²) in [5.74, 6) is -4.36. The molecule has 38 heavy (non-hydrogen) atoms. The van der Waals surface area contributed by atoms with E-state index in [-0.39, 0.29) is 39.4 Å². The molecule has 2 aromatic carbocycles. The zero-order valence-corrected chi connectivity index (χ0v) is 20.7. The van der Waals surface area contributed by atoms with Gasteiger partial charge in [-0.3, -0.25) is 19.0 Å². The van der Waals surface area contributed by atoms with Gasteiger partial charge in [0.15, 0.2) is 0 Å². The highest BCUT2D eigenvalue weighted by molar-refractivity contribution is 6.31. The smallest absolute Gasteiger partial charge is 0.395 e. The lowest BCUT2D eigenvalue weighted by atomic mass is 9.90. The van der Waals surface area contributed by atoms with E-state index in [1.807, 2.05) is 0 Å². The fourth-order valence-electron chi connectivity index (χ4n) is 4.31.